The van der Waals surface area contributed by atoms with Crippen molar-refractivity contribution in [1.29, 1.82) is 0 Å². The molecule has 2 aromatic heterocycles. The standard InChI is InChI=1S/C31H28BrN3O5/c1-35(18-19-7-6-14-33-15-19)29(37)25-26(20-8-4-3-5-9-20)31(21-10-12-22(32)13-11-21)30(38,28(25)36)27-23(39-2)16-34-17-24(27)40-31/h3-17,25-26,28,36,38H,18H2,1-2H3/t25-,26-,28-,30+,31+/m1/s1. The number of hydrogen-bond acceptors (Lipinski definition) is 7. The number of nitrogens with zero attached hydrogens (tertiary/aromatic N) is 3. The Hall–Kier alpha value is -3.79. The third-order valence-corrected chi connectivity index (χ3v) is 8.64. The summed E-state index contributed by atoms with van der Waals surface area (Å²) in [5.74, 6) is -1.62. The first kappa shape index (κ1) is 26.4. The summed E-state index contributed by atoms with van der Waals surface area (Å²) in [4.78, 5) is 24.3. The van der Waals surface area contributed by atoms with Crippen LogP contribution in [0.3, 0.4) is 0 Å². The van der Waals surface area contributed by atoms with E-state index in [0.29, 0.717) is 11.3 Å². The summed E-state index contributed by atoms with van der Waals surface area (Å²) < 4.78 is 13.2. The molecule has 2 N–H and O–H groups in total. The van der Waals surface area contributed by atoms with Crippen LogP contribution in [0.5, 0.6) is 11.5 Å². The Morgan fingerprint density at radius 2 is 1.80 bits per heavy atom. The number of carbonyl (C=O) groups excluding carboxylic acids is 1. The Morgan fingerprint density at radius 3 is 2.48 bits per heavy atom. The van der Waals surface area contributed by atoms with Crippen molar-refractivity contribution in [2.24, 2.45) is 5.92 Å². The van der Waals surface area contributed by atoms with Crippen LogP contribution in [0.15, 0.2) is 96.0 Å². The number of hydrogen-bond donors (Lipinski definition) is 2. The molecule has 0 saturated heterocycles. The maximum atomic E-state index is 14.3. The molecule has 0 spiro atoms. The fourth-order valence-corrected chi connectivity index (χ4v) is 6.73. The lowest BCUT2D eigenvalue weighted by Gasteiger charge is -2.41. The number of aliphatic hydroxyl groups excluding tert-OH is 1. The van der Waals surface area contributed by atoms with Gasteiger partial charge < -0.3 is 24.6 Å². The summed E-state index contributed by atoms with van der Waals surface area (Å²) in [5, 5.41) is 25.1. The zero-order valence-electron chi connectivity index (χ0n) is 21.9. The van der Waals surface area contributed by atoms with E-state index < -0.39 is 29.1 Å². The number of amides is 1. The Morgan fingerprint density at radius 1 is 1.05 bits per heavy atom. The second-order valence-corrected chi connectivity index (χ2v) is 11.2. The molecule has 4 aromatic rings. The molecule has 40 heavy (non-hydrogen) atoms. The molecule has 0 radical (unpaired) electrons. The predicted molar refractivity (Wildman–Crippen MR) is 151 cm³/mol. The molecule has 6 rings (SSSR count). The molecule has 1 amide bonds. The van der Waals surface area contributed by atoms with Crippen LogP contribution in [0.2, 0.25) is 0 Å². The van der Waals surface area contributed by atoms with Gasteiger partial charge in [-0.15, -0.1) is 0 Å². The average molecular weight is 602 g/mol. The highest BCUT2D eigenvalue weighted by Crippen LogP contribution is 2.69. The summed E-state index contributed by atoms with van der Waals surface area (Å²) in [6.07, 6.45) is 4.81. The van der Waals surface area contributed by atoms with Crippen molar-refractivity contribution < 1.29 is 24.5 Å². The molecule has 1 aliphatic carbocycles. The maximum absolute atomic E-state index is 14.3. The largest absolute Gasteiger partial charge is 0.495 e. The lowest BCUT2D eigenvalue weighted by Crippen LogP contribution is -2.52. The number of halogens is 1. The van der Waals surface area contributed by atoms with E-state index in [-0.39, 0.29) is 23.8 Å². The lowest BCUT2D eigenvalue weighted by atomic mass is 9.70. The van der Waals surface area contributed by atoms with Crippen LogP contribution in [0, 0.1) is 5.92 Å². The topological polar surface area (TPSA) is 105 Å². The van der Waals surface area contributed by atoms with Crippen LogP contribution < -0.4 is 9.47 Å². The highest BCUT2D eigenvalue weighted by atomic mass is 79.9. The first-order valence-corrected chi connectivity index (χ1v) is 13.7. The van der Waals surface area contributed by atoms with Gasteiger partial charge in [-0.25, -0.2) is 0 Å². The van der Waals surface area contributed by atoms with Crippen molar-refractivity contribution >= 4 is 21.8 Å². The van der Waals surface area contributed by atoms with Gasteiger partial charge in [0.1, 0.15) is 17.6 Å². The fraction of sp³-hybridized carbons (Fsp3) is 0.258. The number of ether oxygens (including phenoxy) is 2. The van der Waals surface area contributed by atoms with E-state index in [0.717, 1.165) is 15.6 Å². The molecular weight excluding hydrogens is 574 g/mol. The van der Waals surface area contributed by atoms with E-state index in [1.807, 2.05) is 66.7 Å². The molecule has 0 bridgehead atoms. The molecule has 2 aromatic carbocycles. The molecular formula is C31H28BrN3O5. The summed E-state index contributed by atoms with van der Waals surface area (Å²) in [5.41, 5.74) is -1.17. The van der Waals surface area contributed by atoms with Crippen LogP contribution >= 0.6 is 15.9 Å². The van der Waals surface area contributed by atoms with Crippen LogP contribution in [-0.2, 0) is 22.5 Å². The quantitative estimate of drug-likeness (QED) is 0.342. The molecule has 1 saturated carbocycles. The molecule has 1 fully saturated rings. The molecule has 1 aliphatic heterocycles. The van der Waals surface area contributed by atoms with E-state index in [2.05, 4.69) is 25.9 Å². The zero-order valence-corrected chi connectivity index (χ0v) is 23.5. The van der Waals surface area contributed by atoms with E-state index in [9.17, 15) is 15.0 Å². The summed E-state index contributed by atoms with van der Waals surface area (Å²) in [7, 11) is 3.16. The van der Waals surface area contributed by atoms with Gasteiger partial charge in [0.15, 0.2) is 11.2 Å². The number of aromatic nitrogens is 2. The zero-order chi connectivity index (χ0) is 28.1. The monoisotopic (exact) mass is 601 g/mol. The number of benzene rings is 2. The highest BCUT2D eigenvalue weighted by Gasteiger charge is 2.78. The van der Waals surface area contributed by atoms with Crippen molar-refractivity contribution in [2.45, 2.75) is 29.8 Å². The minimum absolute atomic E-state index is 0.265. The first-order valence-electron chi connectivity index (χ1n) is 12.9. The van der Waals surface area contributed by atoms with Crippen LogP contribution in [0.25, 0.3) is 0 Å². The van der Waals surface area contributed by atoms with Gasteiger partial charge in [0.25, 0.3) is 0 Å². The third kappa shape index (κ3) is 3.76. The van der Waals surface area contributed by atoms with E-state index >= 15 is 0 Å². The van der Waals surface area contributed by atoms with Gasteiger partial charge in [-0.3, -0.25) is 14.8 Å². The summed E-state index contributed by atoms with van der Waals surface area (Å²) in [6.45, 7) is 0.284. The van der Waals surface area contributed by atoms with Crippen molar-refractivity contribution in [1.82, 2.24) is 14.9 Å². The van der Waals surface area contributed by atoms with Gasteiger partial charge in [-0.2, -0.15) is 0 Å². The smallest absolute Gasteiger partial charge is 0.229 e. The van der Waals surface area contributed by atoms with Crippen molar-refractivity contribution in [2.75, 3.05) is 14.2 Å². The number of aliphatic hydroxyl groups is 2. The normalized spacial score (nSPS) is 26.5. The lowest BCUT2D eigenvalue weighted by molar-refractivity contribution is -0.156. The van der Waals surface area contributed by atoms with Crippen LogP contribution in [0.1, 0.15) is 28.2 Å². The van der Waals surface area contributed by atoms with Crippen molar-refractivity contribution in [3.05, 3.63) is 118 Å². The van der Waals surface area contributed by atoms with E-state index in [1.54, 1.807) is 24.3 Å². The predicted octanol–water partition coefficient (Wildman–Crippen LogP) is 4.16. The fourth-order valence-electron chi connectivity index (χ4n) is 6.47. The number of carbonyl (C=O) groups is 1. The van der Waals surface area contributed by atoms with Gasteiger partial charge in [0.2, 0.25) is 5.91 Å². The minimum Gasteiger partial charge on any atom is -0.495 e. The van der Waals surface area contributed by atoms with Gasteiger partial charge in [-0.1, -0.05) is 64.5 Å². The van der Waals surface area contributed by atoms with E-state index in [1.165, 1.54) is 19.5 Å². The Bertz CT molecular complexity index is 1540. The van der Waals surface area contributed by atoms with Gasteiger partial charge in [0.05, 0.1) is 31.0 Å². The first-order chi connectivity index (χ1) is 19.3. The van der Waals surface area contributed by atoms with Crippen LogP contribution in [0.4, 0.5) is 0 Å². The van der Waals surface area contributed by atoms with Crippen molar-refractivity contribution in [3.8, 4) is 11.5 Å². The summed E-state index contributed by atoms with van der Waals surface area (Å²) in [6, 6.07) is 20.5. The molecule has 8 nitrogen and oxygen atoms in total. The molecule has 9 heteroatoms. The number of rotatable bonds is 6. The number of pyridine rings is 2. The Labute approximate surface area is 240 Å². The third-order valence-electron chi connectivity index (χ3n) is 8.12. The molecule has 204 valence electrons. The minimum atomic E-state index is -2.06. The van der Waals surface area contributed by atoms with Crippen LogP contribution in [-0.4, -0.2) is 51.2 Å². The van der Waals surface area contributed by atoms with Gasteiger partial charge >= 0.3 is 0 Å². The van der Waals surface area contributed by atoms with E-state index in [4.69, 9.17) is 9.47 Å². The Kier molecular flexibility index (Phi) is 6.60. The number of fused-ring (bicyclic) bond motifs is 3. The maximum Gasteiger partial charge on any atom is 0.229 e. The van der Waals surface area contributed by atoms with Crippen molar-refractivity contribution in [3.63, 3.8) is 0 Å². The molecule has 5 atom stereocenters. The second-order valence-electron chi connectivity index (χ2n) is 10.2. The second kappa shape index (κ2) is 9.99. The van der Waals surface area contributed by atoms with Gasteiger partial charge in [0, 0.05) is 36.4 Å². The Balaban J connectivity index is 1.59. The molecule has 3 heterocycles. The summed E-state index contributed by atoms with van der Waals surface area (Å²) >= 11 is 3.50. The molecule has 0 unspecified atom stereocenters. The van der Waals surface area contributed by atoms with Gasteiger partial charge in [-0.05, 0) is 34.9 Å². The highest BCUT2D eigenvalue weighted by molar-refractivity contribution is 9.10. The molecule has 2 aliphatic rings. The SMILES string of the molecule is COc1cncc2c1[C@]1(O)[C@H](O)[C@H](C(=O)N(C)Cc3cccnc3)[C@@H](c3ccccc3)[C@]1(c1ccc(Br)cc1)O2. The average Bonchev–Trinajstić information content (AvgIpc) is 3.36. The number of methoxy groups -OCH3 is 1.